The molecule has 2 aliphatic heterocycles. The van der Waals surface area contributed by atoms with E-state index in [4.69, 9.17) is 0 Å². The SMILES string of the molecule is Cl.Cl.O=C(NCC1CCN(c2ccc(Br)cc2)C1)C1CCCNC1. The molecule has 0 radical (unpaired) electrons. The van der Waals surface area contributed by atoms with Crippen molar-refractivity contribution in [1.82, 2.24) is 10.6 Å². The highest BCUT2D eigenvalue weighted by Crippen LogP contribution is 2.25. The smallest absolute Gasteiger partial charge is 0.224 e. The number of nitrogens with one attached hydrogen (secondary N) is 2. The topological polar surface area (TPSA) is 44.4 Å². The summed E-state index contributed by atoms with van der Waals surface area (Å²) in [4.78, 5) is 14.6. The zero-order chi connectivity index (χ0) is 15.4. The summed E-state index contributed by atoms with van der Waals surface area (Å²) in [5.41, 5.74) is 1.27. The maximum absolute atomic E-state index is 12.2. The molecule has 0 aromatic heterocycles. The van der Waals surface area contributed by atoms with Gasteiger partial charge in [0.1, 0.15) is 0 Å². The Kier molecular flexibility index (Phi) is 9.42. The van der Waals surface area contributed by atoms with Gasteiger partial charge in [-0.3, -0.25) is 4.79 Å². The van der Waals surface area contributed by atoms with Crippen LogP contribution in [0.5, 0.6) is 0 Å². The largest absolute Gasteiger partial charge is 0.371 e. The van der Waals surface area contributed by atoms with E-state index in [1.165, 1.54) is 5.69 Å². The van der Waals surface area contributed by atoms with Gasteiger partial charge in [0.15, 0.2) is 0 Å². The summed E-state index contributed by atoms with van der Waals surface area (Å²) in [6, 6.07) is 8.47. The molecule has 0 saturated carbocycles. The number of amides is 1. The van der Waals surface area contributed by atoms with Gasteiger partial charge in [0.2, 0.25) is 5.91 Å². The van der Waals surface area contributed by atoms with Gasteiger partial charge in [-0.2, -0.15) is 0 Å². The minimum atomic E-state index is 0. The summed E-state index contributed by atoms with van der Waals surface area (Å²) < 4.78 is 1.11. The number of nitrogens with zero attached hydrogens (tertiary/aromatic N) is 1. The van der Waals surface area contributed by atoms with E-state index in [2.05, 4.69) is 55.7 Å². The van der Waals surface area contributed by atoms with Crippen molar-refractivity contribution in [3.05, 3.63) is 28.7 Å². The van der Waals surface area contributed by atoms with E-state index in [0.717, 1.165) is 56.5 Å². The first-order chi connectivity index (χ1) is 10.7. The first-order valence-electron chi connectivity index (χ1n) is 8.21. The van der Waals surface area contributed by atoms with Crippen LogP contribution in [-0.2, 0) is 4.79 Å². The lowest BCUT2D eigenvalue weighted by Gasteiger charge is -2.23. The van der Waals surface area contributed by atoms with Crippen LogP contribution >= 0.6 is 40.7 Å². The maximum Gasteiger partial charge on any atom is 0.224 e. The fourth-order valence-corrected chi connectivity index (χ4v) is 3.61. The van der Waals surface area contributed by atoms with Crippen LogP contribution in [0.3, 0.4) is 0 Å². The van der Waals surface area contributed by atoms with E-state index >= 15 is 0 Å². The fourth-order valence-electron chi connectivity index (χ4n) is 3.35. The monoisotopic (exact) mass is 437 g/mol. The van der Waals surface area contributed by atoms with E-state index in [9.17, 15) is 4.79 Å². The van der Waals surface area contributed by atoms with Gasteiger partial charge in [0.25, 0.3) is 0 Å². The Bertz CT molecular complexity index is 509. The lowest BCUT2D eigenvalue weighted by molar-refractivity contribution is -0.125. The van der Waals surface area contributed by atoms with Gasteiger partial charge >= 0.3 is 0 Å². The van der Waals surface area contributed by atoms with E-state index in [-0.39, 0.29) is 36.6 Å². The molecule has 0 spiro atoms. The number of hydrogen-bond acceptors (Lipinski definition) is 3. The van der Waals surface area contributed by atoms with E-state index in [0.29, 0.717) is 5.92 Å². The molecule has 136 valence electrons. The second-order valence-corrected chi connectivity index (χ2v) is 7.28. The Morgan fingerprint density at radius 3 is 2.67 bits per heavy atom. The van der Waals surface area contributed by atoms with E-state index in [1.807, 2.05) is 0 Å². The number of anilines is 1. The van der Waals surface area contributed by atoms with E-state index in [1.54, 1.807) is 0 Å². The number of halogens is 3. The molecule has 2 aliphatic rings. The van der Waals surface area contributed by atoms with Crippen molar-refractivity contribution in [2.45, 2.75) is 19.3 Å². The summed E-state index contributed by atoms with van der Waals surface area (Å²) in [7, 11) is 0. The molecule has 2 N–H and O–H groups in total. The van der Waals surface area contributed by atoms with Crippen LogP contribution in [0.4, 0.5) is 5.69 Å². The van der Waals surface area contributed by atoms with Crippen LogP contribution in [0.2, 0.25) is 0 Å². The highest BCUT2D eigenvalue weighted by molar-refractivity contribution is 9.10. The Labute approximate surface area is 165 Å². The maximum atomic E-state index is 12.2. The van der Waals surface area contributed by atoms with Crippen LogP contribution in [-0.4, -0.2) is 38.6 Å². The molecule has 2 unspecified atom stereocenters. The molecule has 2 atom stereocenters. The summed E-state index contributed by atoms with van der Waals surface area (Å²) in [5.74, 6) is 0.955. The van der Waals surface area contributed by atoms with Gasteiger partial charge < -0.3 is 15.5 Å². The highest BCUT2D eigenvalue weighted by atomic mass is 79.9. The number of carbonyl (C=O) groups excluding carboxylic acids is 1. The minimum Gasteiger partial charge on any atom is -0.371 e. The lowest BCUT2D eigenvalue weighted by Crippen LogP contribution is -2.42. The number of benzene rings is 1. The van der Waals surface area contributed by atoms with Gasteiger partial charge in [-0.1, -0.05) is 15.9 Å². The van der Waals surface area contributed by atoms with Crippen molar-refractivity contribution in [2.75, 3.05) is 37.6 Å². The van der Waals surface area contributed by atoms with Gasteiger partial charge in [-0.05, 0) is 56.0 Å². The zero-order valence-corrected chi connectivity index (χ0v) is 16.9. The summed E-state index contributed by atoms with van der Waals surface area (Å²) in [5, 5.41) is 6.47. The normalized spacial score (nSPS) is 23.1. The third-order valence-electron chi connectivity index (χ3n) is 4.71. The van der Waals surface area contributed by atoms with Gasteiger partial charge in [0, 0.05) is 36.3 Å². The molecule has 4 nitrogen and oxygen atoms in total. The number of carbonyl (C=O) groups is 1. The Morgan fingerprint density at radius 2 is 2.00 bits per heavy atom. The van der Waals surface area contributed by atoms with Crippen LogP contribution in [0.1, 0.15) is 19.3 Å². The predicted molar refractivity (Wildman–Crippen MR) is 108 cm³/mol. The zero-order valence-electron chi connectivity index (χ0n) is 13.7. The fraction of sp³-hybridized carbons (Fsp3) is 0.588. The molecule has 1 amide bonds. The van der Waals surface area contributed by atoms with Crippen LogP contribution in [0.15, 0.2) is 28.7 Å². The molecule has 2 heterocycles. The Morgan fingerprint density at radius 1 is 1.25 bits per heavy atom. The third kappa shape index (κ3) is 5.80. The highest BCUT2D eigenvalue weighted by Gasteiger charge is 2.25. The second-order valence-electron chi connectivity index (χ2n) is 6.37. The average molecular weight is 439 g/mol. The summed E-state index contributed by atoms with van der Waals surface area (Å²) >= 11 is 3.47. The standard InChI is InChI=1S/C17H24BrN3O.2ClH/c18-15-3-5-16(6-4-15)21-9-7-13(12-21)10-20-17(22)14-2-1-8-19-11-14;;/h3-6,13-14,19H,1-2,7-12H2,(H,20,22);2*1H. The van der Waals surface area contributed by atoms with Crippen molar-refractivity contribution in [3.63, 3.8) is 0 Å². The molecular formula is C17H26BrCl2N3O. The van der Waals surface area contributed by atoms with Crippen LogP contribution in [0.25, 0.3) is 0 Å². The molecule has 0 aliphatic carbocycles. The molecule has 2 saturated heterocycles. The first kappa shape index (κ1) is 21.6. The average Bonchev–Trinajstić information content (AvgIpc) is 3.03. The first-order valence-corrected chi connectivity index (χ1v) is 9.00. The van der Waals surface area contributed by atoms with Crippen molar-refractivity contribution in [2.24, 2.45) is 11.8 Å². The van der Waals surface area contributed by atoms with Gasteiger partial charge in [-0.25, -0.2) is 0 Å². The number of rotatable bonds is 4. The van der Waals surface area contributed by atoms with Crippen molar-refractivity contribution in [3.8, 4) is 0 Å². The molecule has 1 aromatic carbocycles. The quantitative estimate of drug-likeness (QED) is 0.758. The summed E-state index contributed by atoms with van der Waals surface area (Å²) in [6.45, 7) is 4.80. The molecule has 24 heavy (non-hydrogen) atoms. The molecular weight excluding hydrogens is 413 g/mol. The van der Waals surface area contributed by atoms with E-state index < -0.39 is 0 Å². The molecule has 3 rings (SSSR count). The minimum absolute atomic E-state index is 0. The Hall–Kier alpha value is -0.490. The number of hydrogen-bond donors (Lipinski definition) is 2. The molecule has 7 heteroatoms. The second kappa shape index (κ2) is 10.5. The van der Waals surface area contributed by atoms with Crippen molar-refractivity contribution >= 4 is 52.3 Å². The van der Waals surface area contributed by atoms with Gasteiger partial charge in [0.05, 0.1) is 5.92 Å². The predicted octanol–water partition coefficient (Wildman–Crippen LogP) is 3.23. The van der Waals surface area contributed by atoms with Gasteiger partial charge in [-0.15, -0.1) is 24.8 Å². The van der Waals surface area contributed by atoms with Crippen molar-refractivity contribution in [1.29, 1.82) is 0 Å². The number of piperidine rings is 1. The lowest BCUT2D eigenvalue weighted by atomic mass is 9.98. The molecule has 2 fully saturated rings. The molecule has 1 aromatic rings. The molecule has 0 bridgehead atoms. The van der Waals surface area contributed by atoms with Crippen LogP contribution in [0, 0.1) is 11.8 Å². The third-order valence-corrected chi connectivity index (χ3v) is 5.24. The summed E-state index contributed by atoms with van der Waals surface area (Å²) in [6.07, 6.45) is 3.28. The van der Waals surface area contributed by atoms with Crippen molar-refractivity contribution < 1.29 is 4.79 Å². The Balaban J connectivity index is 0.00000144. The van der Waals surface area contributed by atoms with Crippen LogP contribution < -0.4 is 15.5 Å².